The highest BCUT2D eigenvalue weighted by atomic mass is 35.5. The molecule has 2 rings (SSSR count). The van der Waals surface area contributed by atoms with Gasteiger partial charge in [0.15, 0.2) is 0 Å². The molecule has 28 heavy (non-hydrogen) atoms. The Morgan fingerprint density at radius 3 is 2.36 bits per heavy atom. The molecule has 0 heterocycles. The van der Waals surface area contributed by atoms with E-state index in [0.29, 0.717) is 24.3 Å². The van der Waals surface area contributed by atoms with Gasteiger partial charge in [0.25, 0.3) is 5.91 Å². The Labute approximate surface area is 173 Å². The molecular formula is C21H29ClN4O2. The molecule has 0 aliphatic heterocycles. The van der Waals surface area contributed by atoms with Gasteiger partial charge in [0.1, 0.15) is 0 Å². The third kappa shape index (κ3) is 7.68. The topological polar surface area (TPSA) is 78.7 Å². The number of nitrogens with two attached hydrogens (primary N) is 1. The van der Waals surface area contributed by atoms with Crippen LogP contribution in [-0.4, -0.2) is 61.9 Å². The third-order valence-corrected chi connectivity index (χ3v) is 4.17. The fraction of sp³-hybridized carbons (Fsp3) is 0.333. The predicted octanol–water partition coefficient (Wildman–Crippen LogP) is 2.25. The standard InChI is InChI=1S/C21H28N4O2.ClH/c1-24(2)21(27)18-9-6-10-19(15-18)23-20(26)16-25(14-12-22)13-11-17-7-4-3-5-8-17;/h3-10,15H,11-14,16,22H2,1-2H3,(H,23,26);1H. The highest BCUT2D eigenvalue weighted by molar-refractivity contribution is 5.97. The maximum atomic E-state index is 12.4. The zero-order valence-electron chi connectivity index (χ0n) is 16.4. The first-order chi connectivity index (χ1) is 13.0. The lowest BCUT2D eigenvalue weighted by atomic mass is 10.1. The average molecular weight is 405 g/mol. The second-order valence-corrected chi connectivity index (χ2v) is 6.63. The van der Waals surface area contributed by atoms with Crippen molar-refractivity contribution in [3.63, 3.8) is 0 Å². The van der Waals surface area contributed by atoms with E-state index >= 15 is 0 Å². The molecule has 0 aliphatic rings. The zero-order valence-corrected chi connectivity index (χ0v) is 17.2. The number of carbonyl (C=O) groups is 2. The maximum Gasteiger partial charge on any atom is 0.253 e. The third-order valence-electron chi connectivity index (χ3n) is 4.17. The number of halogens is 1. The zero-order chi connectivity index (χ0) is 19.6. The fourth-order valence-electron chi connectivity index (χ4n) is 2.78. The molecule has 0 saturated heterocycles. The summed E-state index contributed by atoms with van der Waals surface area (Å²) in [4.78, 5) is 28.0. The first kappa shape index (κ1) is 23.6. The maximum absolute atomic E-state index is 12.4. The minimum absolute atomic E-state index is 0. The normalized spacial score (nSPS) is 10.3. The summed E-state index contributed by atoms with van der Waals surface area (Å²) in [5.41, 5.74) is 8.08. The van der Waals surface area contributed by atoms with Gasteiger partial charge in [0, 0.05) is 45.0 Å². The van der Waals surface area contributed by atoms with Crippen LogP contribution in [-0.2, 0) is 11.2 Å². The minimum atomic E-state index is -0.119. The number of hydrogen-bond donors (Lipinski definition) is 2. The lowest BCUT2D eigenvalue weighted by Crippen LogP contribution is -2.38. The number of carbonyl (C=O) groups excluding carboxylic acids is 2. The van der Waals surface area contributed by atoms with Crippen LogP contribution < -0.4 is 11.1 Å². The van der Waals surface area contributed by atoms with E-state index in [9.17, 15) is 9.59 Å². The predicted molar refractivity (Wildman–Crippen MR) is 116 cm³/mol. The van der Waals surface area contributed by atoms with Gasteiger partial charge >= 0.3 is 0 Å². The highest BCUT2D eigenvalue weighted by Crippen LogP contribution is 2.12. The van der Waals surface area contributed by atoms with Crippen molar-refractivity contribution < 1.29 is 9.59 Å². The van der Waals surface area contributed by atoms with Gasteiger partial charge in [-0.3, -0.25) is 14.5 Å². The van der Waals surface area contributed by atoms with Crippen molar-refractivity contribution in [3.05, 3.63) is 65.7 Å². The van der Waals surface area contributed by atoms with E-state index in [2.05, 4.69) is 17.4 Å². The lowest BCUT2D eigenvalue weighted by molar-refractivity contribution is -0.117. The van der Waals surface area contributed by atoms with E-state index in [4.69, 9.17) is 5.73 Å². The van der Waals surface area contributed by atoms with Crippen LogP contribution in [0.2, 0.25) is 0 Å². The van der Waals surface area contributed by atoms with Crippen LogP contribution in [0, 0.1) is 0 Å². The van der Waals surface area contributed by atoms with Crippen molar-refractivity contribution in [3.8, 4) is 0 Å². The molecule has 0 atom stereocenters. The molecule has 2 aromatic carbocycles. The number of hydrogen-bond acceptors (Lipinski definition) is 4. The summed E-state index contributed by atoms with van der Waals surface area (Å²) in [6, 6.07) is 17.1. The van der Waals surface area contributed by atoms with Crippen LogP contribution in [0.25, 0.3) is 0 Å². The molecule has 0 fully saturated rings. The molecule has 0 bridgehead atoms. The summed E-state index contributed by atoms with van der Waals surface area (Å²) < 4.78 is 0. The van der Waals surface area contributed by atoms with Gasteiger partial charge in [-0.15, -0.1) is 12.4 Å². The van der Waals surface area contributed by atoms with Crippen molar-refractivity contribution in [1.82, 2.24) is 9.80 Å². The highest BCUT2D eigenvalue weighted by Gasteiger charge is 2.12. The molecule has 0 aliphatic carbocycles. The SMILES string of the molecule is CN(C)C(=O)c1cccc(NC(=O)CN(CCN)CCc2ccccc2)c1.Cl. The summed E-state index contributed by atoms with van der Waals surface area (Å²) in [6.45, 7) is 2.16. The van der Waals surface area contributed by atoms with E-state index in [1.165, 1.54) is 10.5 Å². The molecular weight excluding hydrogens is 376 g/mol. The summed E-state index contributed by atoms with van der Waals surface area (Å²) >= 11 is 0. The molecule has 7 heteroatoms. The van der Waals surface area contributed by atoms with Crippen molar-refractivity contribution in [2.24, 2.45) is 5.73 Å². The van der Waals surface area contributed by atoms with Crippen LogP contribution in [0.5, 0.6) is 0 Å². The largest absolute Gasteiger partial charge is 0.345 e. The van der Waals surface area contributed by atoms with Crippen LogP contribution in [0.1, 0.15) is 15.9 Å². The van der Waals surface area contributed by atoms with Gasteiger partial charge in [-0.25, -0.2) is 0 Å². The van der Waals surface area contributed by atoms with E-state index in [0.717, 1.165) is 13.0 Å². The Hall–Kier alpha value is -2.41. The Morgan fingerprint density at radius 1 is 1.00 bits per heavy atom. The molecule has 3 N–H and O–H groups in total. The first-order valence-corrected chi connectivity index (χ1v) is 9.07. The van der Waals surface area contributed by atoms with Crippen LogP contribution in [0.3, 0.4) is 0 Å². The molecule has 0 spiro atoms. The molecule has 6 nitrogen and oxygen atoms in total. The van der Waals surface area contributed by atoms with Gasteiger partial charge in [-0.05, 0) is 30.2 Å². The van der Waals surface area contributed by atoms with Crippen LogP contribution in [0.4, 0.5) is 5.69 Å². The van der Waals surface area contributed by atoms with Crippen LogP contribution >= 0.6 is 12.4 Å². The molecule has 2 amide bonds. The van der Waals surface area contributed by atoms with Crippen molar-refractivity contribution in [2.45, 2.75) is 6.42 Å². The van der Waals surface area contributed by atoms with E-state index in [1.807, 2.05) is 23.1 Å². The average Bonchev–Trinajstić information content (AvgIpc) is 2.66. The summed E-state index contributed by atoms with van der Waals surface area (Å²) in [6.07, 6.45) is 0.862. The summed E-state index contributed by atoms with van der Waals surface area (Å²) in [5, 5.41) is 2.87. The Balaban J connectivity index is 0.00000392. The van der Waals surface area contributed by atoms with Gasteiger partial charge in [0.2, 0.25) is 5.91 Å². The Bertz CT molecular complexity index is 753. The smallest absolute Gasteiger partial charge is 0.253 e. The van der Waals surface area contributed by atoms with Crippen molar-refractivity contribution in [2.75, 3.05) is 45.6 Å². The van der Waals surface area contributed by atoms with Gasteiger partial charge in [-0.2, -0.15) is 0 Å². The second kappa shape index (κ2) is 12.1. The summed E-state index contributed by atoms with van der Waals surface area (Å²) in [5.74, 6) is -0.218. The quantitative estimate of drug-likeness (QED) is 0.671. The fourth-order valence-corrected chi connectivity index (χ4v) is 2.78. The number of anilines is 1. The molecule has 0 saturated carbocycles. The second-order valence-electron chi connectivity index (χ2n) is 6.63. The van der Waals surface area contributed by atoms with Gasteiger partial charge in [-0.1, -0.05) is 36.4 Å². The van der Waals surface area contributed by atoms with E-state index in [1.54, 1.807) is 38.4 Å². The number of rotatable bonds is 9. The van der Waals surface area contributed by atoms with Gasteiger partial charge in [0.05, 0.1) is 6.54 Å². The van der Waals surface area contributed by atoms with Gasteiger partial charge < -0.3 is 16.0 Å². The number of nitrogens with zero attached hydrogens (tertiary/aromatic N) is 2. The molecule has 0 unspecified atom stereocenters. The Morgan fingerprint density at radius 2 is 1.71 bits per heavy atom. The Kier molecular flexibility index (Phi) is 10.2. The number of amides is 2. The number of benzene rings is 2. The van der Waals surface area contributed by atoms with Crippen molar-refractivity contribution >= 4 is 29.9 Å². The van der Waals surface area contributed by atoms with E-state index in [-0.39, 0.29) is 30.8 Å². The molecule has 0 radical (unpaired) electrons. The van der Waals surface area contributed by atoms with Crippen molar-refractivity contribution in [1.29, 1.82) is 0 Å². The first-order valence-electron chi connectivity index (χ1n) is 9.07. The minimum Gasteiger partial charge on any atom is -0.345 e. The number of nitrogens with one attached hydrogen (secondary N) is 1. The molecule has 2 aromatic rings. The van der Waals surface area contributed by atoms with Crippen LogP contribution in [0.15, 0.2) is 54.6 Å². The monoisotopic (exact) mass is 404 g/mol. The molecule has 152 valence electrons. The molecule has 0 aromatic heterocycles. The lowest BCUT2D eigenvalue weighted by Gasteiger charge is -2.21. The summed E-state index contributed by atoms with van der Waals surface area (Å²) in [7, 11) is 3.40. The van der Waals surface area contributed by atoms with E-state index < -0.39 is 0 Å².